The van der Waals surface area contributed by atoms with E-state index in [0.29, 0.717) is 17.6 Å². The number of carbonyl (C=O) groups excluding carboxylic acids is 1. The number of hydrogen-bond donors (Lipinski definition) is 1. The lowest BCUT2D eigenvalue weighted by molar-refractivity contribution is 0.0680. The van der Waals surface area contributed by atoms with Crippen LogP contribution >= 0.6 is 12.4 Å². The van der Waals surface area contributed by atoms with Gasteiger partial charge >= 0.3 is 0 Å². The number of amides is 1. The molecule has 1 amide bonds. The fraction of sp³-hybridized carbons (Fsp3) is 0.467. The summed E-state index contributed by atoms with van der Waals surface area (Å²) in [5.74, 6) is 0.0855. The maximum atomic E-state index is 13.1. The third kappa shape index (κ3) is 2.82. The first-order chi connectivity index (χ1) is 10.8. The van der Waals surface area contributed by atoms with Crippen molar-refractivity contribution in [3.8, 4) is 5.69 Å². The molecule has 2 aliphatic heterocycles. The summed E-state index contributed by atoms with van der Waals surface area (Å²) in [4.78, 5) is 15.2. The number of tetrazole rings is 1. The first kappa shape index (κ1) is 15.9. The summed E-state index contributed by atoms with van der Waals surface area (Å²) in [5, 5.41) is 14.7. The van der Waals surface area contributed by atoms with Crippen molar-refractivity contribution >= 4 is 18.3 Å². The predicted molar refractivity (Wildman–Crippen MR) is 86.9 cm³/mol. The zero-order valence-corrected chi connectivity index (χ0v) is 13.4. The van der Waals surface area contributed by atoms with E-state index in [1.54, 1.807) is 4.68 Å². The highest BCUT2D eigenvalue weighted by molar-refractivity contribution is 5.98. The molecule has 23 heavy (non-hydrogen) atoms. The minimum Gasteiger partial charge on any atom is -0.331 e. The third-order valence-corrected chi connectivity index (χ3v) is 4.62. The van der Waals surface area contributed by atoms with Crippen LogP contribution in [0, 0.1) is 0 Å². The van der Waals surface area contributed by atoms with E-state index in [1.165, 1.54) is 6.33 Å². The van der Waals surface area contributed by atoms with Crippen molar-refractivity contribution in [3.05, 3.63) is 36.2 Å². The Morgan fingerprint density at radius 1 is 1.17 bits per heavy atom. The van der Waals surface area contributed by atoms with Gasteiger partial charge in [0.05, 0.1) is 11.3 Å². The summed E-state index contributed by atoms with van der Waals surface area (Å²) in [6.45, 7) is 1.87. The molecule has 0 aliphatic carbocycles. The molecule has 0 spiro atoms. The molecule has 2 aromatic rings. The molecule has 1 aromatic heterocycles. The summed E-state index contributed by atoms with van der Waals surface area (Å²) in [5.41, 5.74) is 1.39. The Hall–Kier alpha value is -1.99. The van der Waals surface area contributed by atoms with E-state index in [2.05, 4.69) is 25.7 Å². The number of fused-ring (bicyclic) bond motifs is 2. The number of carbonyl (C=O) groups is 1. The SMILES string of the molecule is Cl.O=C(c1ccccc1-n1cnnn1)N1C2CCNCC1CC2. The summed E-state index contributed by atoms with van der Waals surface area (Å²) in [6.07, 6.45) is 4.72. The van der Waals surface area contributed by atoms with Gasteiger partial charge in [0.2, 0.25) is 0 Å². The number of aromatic nitrogens is 4. The lowest BCUT2D eigenvalue weighted by Gasteiger charge is -2.28. The lowest BCUT2D eigenvalue weighted by atomic mass is 10.1. The van der Waals surface area contributed by atoms with Gasteiger partial charge in [0.25, 0.3) is 5.91 Å². The fourth-order valence-corrected chi connectivity index (χ4v) is 3.58. The Morgan fingerprint density at radius 2 is 2.00 bits per heavy atom. The molecule has 2 unspecified atom stereocenters. The van der Waals surface area contributed by atoms with Crippen LogP contribution in [0.3, 0.4) is 0 Å². The minimum absolute atomic E-state index is 0. The van der Waals surface area contributed by atoms with Crippen LogP contribution in [-0.2, 0) is 0 Å². The zero-order chi connectivity index (χ0) is 14.9. The Morgan fingerprint density at radius 3 is 2.83 bits per heavy atom. The van der Waals surface area contributed by atoms with E-state index >= 15 is 0 Å². The number of para-hydroxylation sites is 1. The highest BCUT2D eigenvalue weighted by atomic mass is 35.5. The van der Waals surface area contributed by atoms with Gasteiger partial charge in [0.15, 0.2) is 0 Å². The second kappa shape index (κ2) is 6.64. The smallest absolute Gasteiger partial charge is 0.256 e. The van der Waals surface area contributed by atoms with Crippen LogP contribution in [0.4, 0.5) is 0 Å². The first-order valence-corrected chi connectivity index (χ1v) is 7.70. The van der Waals surface area contributed by atoms with Gasteiger partial charge in [-0.3, -0.25) is 4.79 Å². The van der Waals surface area contributed by atoms with E-state index in [0.717, 1.165) is 38.0 Å². The molecule has 7 nitrogen and oxygen atoms in total. The molecule has 8 heteroatoms. The average molecular weight is 335 g/mol. The van der Waals surface area contributed by atoms with Gasteiger partial charge in [-0.2, -0.15) is 4.68 Å². The van der Waals surface area contributed by atoms with Gasteiger partial charge in [-0.15, -0.1) is 17.5 Å². The van der Waals surface area contributed by atoms with Crippen LogP contribution < -0.4 is 5.32 Å². The monoisotopic (exact) mass is 334 g/mol. The number of hydrogen-bond acceptors (Lipinski definition) is 5. The van der Waals surface area contributed by atoms with E-state index in [4.69, 9.17) is 0 Å². The van der Waals surface area contributed by atoms with Crippen LogP contribution in [0.2, 0.25) is 0 Å². The van der Waals surface area contributed by atoms with E-state index < -0.39 is 0 Å². The van der Waals surface area contributed by atoms with Crippen molar-refractivity contribution in [2.24, 2.45) is 0 Å². The summed E-state index contributed by atoms with van der Waals surface area (Å²) < 4.78 is 1.55. The largest absolute Gasteiger partial charge is 0.331 e. The summed E-state index contributed by atoms with van der Waals surface area (Å²) in [7, 11) is 0. The number of halogens is 1. The quantitative estimate of drug-likeness (QED) is 0.888. The summed E-state index contributed by atoms with van der Waals surface area (Å²) in [6, 6.07) is 8.15. The summed E-state index contributed by atoms with van der Waals surface area (Å²) >= 11 is 0. The standard InChI is InChI=1S/C15H18N6O.ClH/c22-15(21-11-5-6-12(21)9-16-8-7-11)13-3-1-2-4-14(13)20-10-17-18-19-20;/h1-4,10-12,16H,5-9H2;1H. The van der Waals surface area contributed by atoms with Crippen molar-refractivity contribution in [2.75, 3.05) is 13.1 Å². The number of nitrogens with zero attached hydrogens (tertiary/aromatic N) is 5. The zero-order valence-electron chi connectivity index (χ0n) is 12.6. The molecule has 2 saturated heterocycles. The highest BCUT2D eigenvalue weighted by Gasteiger charge is 2.38. The predicted octanol–water partition coefficient (Wildman–Crippen LogP) is 1.05. The van der Waals surface area contributed by atoms with Crippen LogP contribution in [0.1, 0.15) is 29.6 Å². The lowest BCUT2D eigenvalue weighted by Crippen LogP contribution is -2.42. The van der Waals surface area contributed by atoms with Gasteiger partial charge in [-0.1, -0.05) is 12.1 Å². The van der Waals surface area contributed by atoms with Gasteiger partial charge in [0, 0.05) is 18.6 Å². The normalized spacial score (nSPS) is 23.2. The van der Waals surface area contributed by atoms with Crippen molar-refractivity contribution in [1.82, 2.24) is 30.4 Å². The van der Waals surface area contributed by atoms with E-state index in [1.807, 2.05) is 24.3 Å². The first-order valence-electron chi connectivity index (χ1n) is 7.70. The molecule has 1 N–H and O–H groups in total. The van der Waals surface area contributed by atoms with Crippen molar-refractivity contribution in [1.29, 1.82) is 0 Å². The fourth-order valence-electron chi connectivity index (χ4n) is 3.58. The average Bonchev–Trinajstić information content (AvgIpc) is 3.14. The number of nitrogens with one attached hydrogen (secondary N) is 1. The molecular formula is C15H19ClN6O. The molecule has 0 saturated carbocycles. The van der Waals surface area contributed by atoms with Crippen molar-refractivity contribution in [3.63, 3.8) is 0 Å². The van der Waals surface area contributed by atoms with Gasteiger partial charge in [0.1, 0.15) is 6.33 Å². The highest BCUT2D eigenvalue weighted by Crippen LogP contribution is 2.30. The number of rotatable bonds is 2. The van der Waals surface area contributed by atoms with E-state index in [-0.39, 0.29) is 18.3 Å². The number of benzene rings is 1. The molecule has 122 valence electrons. The third-order valence-electron chi connectivity index (χ3n) is 4.62. The minimum atomic E-state index is 0. The molecule has 2 fully saturated rings. The maximum Gasteiger partial charge on any atom is 0.256 e. The Labute approximate surface area is 140 Å². The Bertz CT molecular complexity index is 662. The van der Waals surface area contributed by atoms with Gasteiger partial charge < -0.3 is 10.2 Å². The van der Waals surface area contributed by atoms with Crippen molar-refractivity contribution < 1.29 is 4.79 Å². The molecule has 2 bridgehead atoms. The molecule has 2 atom stereocenters. The molecule has 1 aromatic carbocycles. The second-order valence-corrected chi connectivity index (χ2v) is 5.86. The molecular weight excluding hydrogens is 316 g/mol. The Balaban J connectivity index is 0.00000156. The van der Waals surface area contributed by atoms with Crippen LogP contribution in [-0.4, -0.2) is 56.2 Å². The van der Waals surface area contributed by atoms with E-state index in [9.17, 15) is 4.79 Å². The van der Waals surface area contributed by atoms with Crippen LogP contribution in [0.15, 0.2) is 30.6 Å². The van der Waals surface area contributed by atoms with Gasteiger partial charge in [-0.05, 0) is 48.4 Å². The van der Waals surface area contributed by atoms with Crippen LogP contribution in [0.5, 0.6) is 0 Å². The van der Waals surface area contributed by atoms with Crippen molar-refractivity contribution in [2.45, 2.75) is 31.3 Å². The molecule has 2 aliphatic rings. The molecule has 4 rings (SSSR count). The second-order valence-electron chi connectivity index (χ2n) is 5.86. The maximum absolute atomic E-state index is 13.1. The van der Waals surface area contributed by atoms with Crippen LogP contribution in [0.25, 0.3) is 5.69 Å². The Kier molecular flexibility index (Phi) is 4.58. The molecule has 0 radical (unpaired) electrons. The van der Waals surface area contributed by atoms with Gasteiger partial charge in [-0.25, -0.2) is 0 Å². The molecule has 3 heterocycles. The topological polar surface area (TPSA) is 75.9 Å².